The third-order valence-electron chi connectivity index (χ3n) is 2.86. The Hall–Kier alpha value is -1.17. The molecular weight excluding hydrogens is 263 g/mol. The summed E-state index contributed by atoms with van der Waals surface area (Å²) in [4.78, 5) is 11.6. The highest BCUT2D eigenvalue weighted by molar-refractivity contribution is 7.99. The van der Waals surface area contributed by atoms with Gasteiger partial charge in [0.15, 0.2) is 17.5 Å². The van der Waals surface area contributed by atoms with Crippen molar-refractivity contribution in [1.29, 1.82) is 0 Å². The molecule has 1 aromatic carbocycles. The van der Waals surface area contributed by atoms with Crippen LogP contribution >= 0.6 is 11.8 Å². The molecule has 1 fully saturated rings. The molecule has 0 aliphatic carbocycles. The quantitative estimate of drug-likeness (QED) is 0.859. The maximum Gasteiger partial charge on any atom is 0.254 e. The van der Waals surface area contributed by atoms with Crippen molar-refractivity contribution >= 4 is 17.7 Å². The van der Waals surface area contributed by atoms with E-state index in [2.05, 4.69) is 5.32 Å². The molecule has 1 saturated heterocycles. The van der Waals surface area contributed by atoms with E-state index in [0.717, 1.165) is 30.1 Å². The number of halogens is 3. The Kier molecular flexibility index (Phi) is 4.16. The lowest BCUT2D eigenvalue weighted by molar-refractivity contribution is 0.0943. The van der Waals surface area contributed by atoms with Crippen LogP contribution in [0.15, 0.2) is 12.1 Å². The van der Waals surface area contributed by atoms with Crippen LogP contribution in [0, 0.1) is 23.4 Å². The molecule has 1 amide bonds. The molecule has 98 valence electrons. The van der Waals surface area contributed by atoms with Gasteiger partial charge < -0.3 is 5.32 Å². The maximum absolute atomic E-state index is 13.3. The SMILES string of the molecule is O=C(NC[C@@H]1CCSC1)c1ccc(F)c(F)c1F. The zero-order valence-electron chi connectivity index (χ0n) is 9.51. The highest BCUT2D eigenvalue weighted by Gasteiger charge is 2.20. The number of rotatable bonds is 3. The van der Waals surface area contributed by atoms with E-state index < -0.39 is 28.9 Å². The molecule has 0 bridgehead atoms. The normalized spacial score (nSPS) is 18.9. The molecule has 2 rings (SSSR count). The molecule has 0 saturated carbocycles. The first kappa shape index (κ1) is 13.3. The molecule has 2 nitrogen and oxygen atoms in total. The van der Waals surface area contributed by atoms with Crippen molar-refractivity contribution in [3.8, 4) is 0 Å². The average Bonchev–Trinajstić information content (AvgIpc) is 2.86. The lowest BCUT2D eigenvalue weighted by atomic mass is 10.1. The number of thioether (sulfide) groups is 1. The molecule has 0 spiro atoms. The second kappa shape index (κ2) is 5.65. The minimum atomic E-state index is -1.61. The van der Waals surface area contributed by atoms with E-state index >= 15 is 0 Å². The average molecular weight is 275 g/mol. The van der Waals surface area contributed by atoms with Gasteiger partial charge in [-0.05, 0) is 36.0 Å². The third kappa shape index (κ3) is 2.80. The van der Waals surface area contributed by atoms with Crippen molar-refractivity contribution in [2.45, 2.75) is 6.42 Å². The van der Waals surface area contributed by atoms with Crippen LogP contribution in [0.5, 0.6) is 0 Å². The summed E-state index contributed by atoms with van der Waals surface area (Å²) in [7, 11) is 0. The van der Waals surface area contributed by atoms with Crippen LogP contribution in [-0.4, -0.2) is 24.0 Å². The highest BCUT2D eigenvalue weighted by atomic mass is 32.2. The Morgan fingerprint density at radius 1 is 1.33 bits per heavy atom. The fraction of sp³-hybridized carbons (Fsp3) is 0.417. The van der Waals surface area contributed by atoms with Gasteiger partial charge in [0.1, 0.15) is 0 Å². The largest absolute Gasteiger partial charge is 0.352 e. The van der Waals surface area contributed by atoms with Crippen LogP contribution in [0.4, 0.5) is 13.2 Å². The summed E-state index contributed by atoms with van der Waals surface area (Å²) < 4.78 is 39.0. The first-order valence-electron chi connectivity index (χ1n) is 5.59. The van der Waals surface area contributed by atoms with Gasteiger partial charge in [0.05, 0.1) is 5.56 Å². The molecule has 0 radical (unpaired) electrons. The Labute approximate surface area is 107 Å². The fourth-order valence-electron chi connectivity index (χ4n) is 1.78. The van der Waals surface area contributed by atoms with Crippen molar-refractivity contribution in [1.82, 2.24) is 5.32 Å². The summed E-state index contributed by atoms with van der Waals surface area (Å²) >= 11 is 1.80. The van der Waals surface area contributed by atoms with Crippen molar-refractivity contribution in [2.24, 2.45) is 5.92 Å². The number of hydrogen-bond donors (Lipinski definition) is 1. The molecule has 1 N–H and O–H groups in total. The van der Waals surface area contributed by atoms with E-state index in [4.69, 9.17) is 0 Å². The van der Waals surface area contributed by atoms with E-state index in [1.165, 1.54) is 0 Å². The van der Waals surface area contributed by atoms with Crippen LogP contribution < -0.4 is 5.32 Å². The van der Waals surface area contributed by atoms with Gasteiger partial charge in [-0.2, -0.15) is 11.8 Å². The number of amides is 1. The zero-order valence-corrected chi connectivity index (χ0v) is 10.3. The molecule has 1 aliphatic rings. The van der Waals surface area contributed by atoms with Crippen LogP contribution in [0.2, 0.25) is 0 Å². The van der Waals surface area contributed by atoms with Crippen LogP contribution in [-0.2, 0) is 0 Å². The topological polar surface area (TPSA) is 29.1 Å². The monoisotopic (exact) mass is 275 g/mol. The van der Waals surface area contributed by atoms with E-state index in [9.17, 15) is 18.0 Å². The number of carbonyl (C=O) groups is 1. The van der Waals surface area contributed by atoms with Crippen molar-refractivity contribution in [3.63, 3.8) is 0 Å². The van der Waals surface area contributed by atoms with Crippen LogP contribution in [0.25, 0.3) is 0 Å². The second-order valence-corrected chi connectivity index (χ2v) is 5.31. The van der Waals surface area contributed by atoms with Gasteiger partial charge >= 0.3 is 0 Å². The molecular formula is C12H12F3NOS. The highest BCUT2D eigenvalue weighted by Crippen LogP contribution is 2.22. The lowest BCUT2D eigenvalue weighted by Gasteiger charge is -2.10. The van der Waals surface area contributed by atoms with Crippen LogP contribution in [0.1, 0.15) is 16.8 Å². The van der Waals surface area contributed by atoms with E-state index in [1.807, 2.05) is 0 Å². The summed E-state index contributed by atoms with van der Waals surface area (Å²) in [6, 6.07) is 1.70. The summed E-state index contributed by atoms with van der Waals surface area (Å²) in [5.74, 6) is -2.67. The van der Waals surface area contributed by atoms with Crippen LogP contribution in [0.3, 0.4) is 0 Å². The molecule has 1 heterocycles. The second-order valence-electron chi connectivity index (χ2n) is 4.16. The van der Waals surface area contributed by atoms with Gasteiger partial charge in [0.25, 0.3) is 5.91 Å². The smallest absolute Gasteiger partial charge is 0.254 e. The Bertz CT molecular complexity index is 461. The van der Waals surface area contributed by atoms with Gasteiger partial charge in [-0.25, -0.2) is 13.2 Å². The summed E-state index contributed by atoms with van der Waals surface area (Å²) in [6.07, 6.45) is 1.01. The first-order chi connectivity index (χ1) is 8.59. The van der Waals surface area contributed by atoms with Crippen molar-refractivity contribution < 1.29 is 18.0 Å². The third-order valence-corrected chi connectivity index (χ3v) is 4.09. The number of benzene rings is 1. The predicted octanol–water partition coefficient (Wildman–Crippen LogP) is 2.59. The fourth-order valence-corrected chi connectivity index (χ4v) is 3.06. The number of nitrogens with one attached hydrogen (secondary N) is 1. The summed E-state index contributed by atoms with van der Waals surface area (Å²) in [5.41, 5.74) is -0.459. The maximum atomic E-state index is 13.3. The molecule has 18 heavy (non-hydrogen) atoms. The molecule has 0 unspecified atom stereocenters. The lowest BCUT2D eigenvalue weighted by Crippen LogP contribution is -2.30. The van der Waals surface area contributed by atoms with E-state index in [1.54, 1.807) is 11.8 Å². The molecule has 1 atom stereocenters. The minimum absolute atomic E-state index is 0.368. The van der Waals surface area contributed by atoms with Crippen molar-refractivity contribution in [3.05, 3.63) is 35.1 Å². The molecule has 1 aromatic rings. The van der Waals surface area contributed by atoms with Gasteiger partial charge in [0, 0.05) is 6.54 Å². The van der Waals surface area contributed by atoms with Crippen molar-refractivity contribution in [2.75, 3.05) is 18.1 Å². The molecule has 0 aromatic heterocycles. The molecule has 6 heteroatoms. The first-order valence-corrected chi connectivity index (χ1v) is 6.74. The van der Waals surface area contributed by atoms with Gasteiger partial charge in [-0.3, -0.25) is 4.79 Å². The number of carbonyl (C=O) groups excluding carboxylic acids is 1. The summed E-state index contributed by atoms with van der Waals surface area (Å²) in [5, 5.41) is 2.55. The van der Waals surface area contributed by atoms with Gasteiger partial charge in [0.2, 0.25) is 0 Å². The molecule has 1 aliphatic heterocycles. The minimum Gasteiger partial charge on any atom is -0.352 e. The van der Waals surface area contributed by atoms with Gasteiger partial charge in [-0.15, -0.1) is 0 Å². The van der Waals surface area contributed by atoms with Gasteiger partial charge in [-0.1, -0.05) is 0 Å². The predicted molar refractivity (Wildman–Crippen MR) is 64.1 cm³/mol. The zero-order chi connectivity index (χ0) is 13.1. The van der Waals surface area contributed by atoms with E-state index in [0.29, 0.717) is 12.5 Å². The summed E-state index contributed by atoms with van der Waals surface area (Å²) in [6.45, 7) is 0.435. The number of hydrogen-bond acceptors (Lipinski definition) is 2. The Morgan fingerprint density at radius 2 is 2.11 bits per heavy atom. The standard InChI is InChI=1S/C12H12F3NOS/c13-9-2-1-8(10(14)11(9)15)12(17)16-5-7-3-4-18-6-7/h1-2,7H,3-6H2,(H,16,17)/t7-/m0/s1. The Balaban J connectivity index is 2.02. The Morgan fingerprint density at radius 3 is 2.78 bits per heavy atom. The van der Waals surface area contributed by atoms with E-state index in [-0.39, 0.29) is 0 Å².